The van der Waals surface area contributed by atoms with E-state index >= 15 is 0 Å². The summed E-state index contributed by atoms with van der Waals surface area (Å²) in [6.07, 6.45) is 8.37. The van der Waals surface area contributed by atoms with Crippen molar-refractivity contribution in [1.29, 1.82) is 0 Å². The molecule has 1 spiro atoms. The Bertz CT molecular complexity index is 693. The van der Waals surface area contributed by atoms with E-state index in [4.69, 9.17) is 4.74 Å². The number of carboxylic acid groups (broad SMARTS) is 1. The highest BCUT2D eigenvalue weighted by atomic mass is 16.6. The van der Waals surface area contributed by atoms with Crippen molar-refractivity contribution in [2.24, 2.45) is 34.5 Å². The molecule has 4 aliphatic carbocycles. The van der Waals surface area contributed by atoms with Gasteiger partial charge < -0.3 is 9.84 Å². The number of allylic oxidation sites excluding steroid dienone is 1. The van der Waals surface area contributed by atoms with Crippen LogP contribution in [0.4, 0.5) is 0 Å². The molecule has 3 saturated carbocycles. The summed E-state index contributed by atoms with van der Waals surface area (Å²) in [5, 5.41) is 10.1. The second-order valence-corrected chi connectivity index (χ2v) is 8.63. The molecule has 5 rings (SSSR count). The van der Waals surface area contributed by atoms with Crippen molar-refractivity contribution in [3.63, 3.8) is 0 Å². The van der Waals surface area contributed by atoms with Crippen molar-refractivity contribution in [2.75, 3.05) is 0 Å². The van der Waals surface area contributed by atoms with Crippen LogP contribution in [0.15, 0.2) is 24.3 Å². The molecule has 0 aromatic heterocycles. The summed E-state index contributed by atoms with van der Waals surface area (Å²) >= 11 is 0. The number of carbonyl (C=O) groups excluding carboxylic acids is 1. The lowest BCUT2D eigenvalue weighted by molar-refractivity contribution is -0.159. The van der Waals surface area contributed by atoms with Gasteiger partial charge in [-0.25, -0.2) is 0 Å². The van der Waals surface area contributed by atoms with Gasteiger partial charge in [-0.2, -0.15) is 0 Å². The van der Waals surface area contributed by atoms with E-state index in [1.807, 2.05) is 13.0 Å². The Hall–Kier alpha value is -1.58. The smallest absolute Gasteiger partial charge is 0.316 e. The number of carbonyl (C=O) groups is 2. The van der Waals surface area contributed by atoms with Gasteiger partial charge in [0.1, 0.15) is 5.60 Å². The minimum atomic E-state index is -0.785. The average Bonchev–Trinajstić information content (AvgIpc) is 2.92. The van der Waals surface area contributed by atoms with E-state index in [0.29, 0.717) is 12.3 Å². The number of fused-ring (bicyclic) bond motifs is 1. The van der Waals surface area contributed by atoms with E-state index in [-0.39, 0.29) is 23.2 Å². The zero-order valence-electron chi connectivity index (χ0n) is 13.4. The first kappa shape index (κ1) is 13.8. The molecule has 4 bridgehead atoms. The first-order valence-electron chi connectivity index (χ1n) is 8.67. The number of esters is 1. The van der Waals surface area contributed by atoms with Crippen LogP contribution in [-0.2, 0) is 14.3 Å². The van der Waals surface area contributed by atoms with Crippen LogP contribution >= 0.6 is 0 Å². The van der Waals surface area contributed by atoms with E-state index in [2.05, 4.69) is 12.7 Å². The van der Waals surface area contributed by atoms with E-state index in [9.17, 15) is 14.7 Å². The Balaban J connectivity index is 1.77. The molecule has 1 saturated heterocycles. The van der Waals surface area contributed by atoms with Crippen molar-refractivity contribution in [1.82, 2.24) is 0 Å². The van der Waals surface area contributed by atoms with Crippen LogP contribution in [-0.4, -0.2) is 22.6 Å². The zero-order chi connectivity index (χ0) is 16.2. The molecular formula is C19H22O4. The largest absolute Gasteiger partial charge is 0.481 e. The van der Waals surface area contributed by atoms with Gasteiger partial charge in [0.2, 0.25) is 0 Å². The second kappa shape index (κ2) is 3.73. The third-order valence-electron chi connectivity index (χ3n) is 7.86. The lowest BCUT2D eigenvalue weighted by atomic mass is 9.62. The summed E-state index contributed by atoms with van der Waals surface area (Å²) in [4.78, 5) is 25.0. The Kier molecular flexibility index (Phi) is 2.24. The minimum absolute atomic E-state index is 0.160. The second-order valence-electron chi connectivity index (χ2n) is 8.63. The zero-order valence-corrected chi connectivity index (χ0v) is 13.4. The van der Waals surface area contributed by atoms with E-state index < -0.39 is 22.9 Å². The maximum absolute atomic E-state index is 12.6. The van der Waals surface area contributed by atoms with Crippen LogP contribution in [0.1, 0.15) is 39.0 Å². The summed E-state index contributed by atoms with van der Waals surface area (Å²) in [6.45, 7) is 6.12. The fourth-order valence-corrected chi connectivity index (χ4v) is 7.24. The molecule has 5 aliphatic rings. The topological polar surface area (TPSA) is 63.6 Å². The number of aliphatic carboxylic acids is 1. The van der Waals surface area contributed by atoms with E-state index in [0.717, 1.165) is 25.7 Å². The summed E-state index contributed by atoms with van der Waals surface area (Å²) in [7, 11) is 0. The van der Waals surface area contributed by atoms with Gasteiger partial charge in [0.25, 0.3) is 0 Å². The van der Waals surface area contributed by atoms with Gasteiger partial charge in [-0.05, 0) is 43.9 Å². The highest BCUT2D eigenvalue weighted by Crippen LogP contribution is 2.76. The molecule has 4 nitrogen and oxygen atoms in total. The standard InChI is InChI=1S/C19H22O4/c1-10-8-18-9-11(10)4-5-12(18)19-7-3-6-17(2,16(22)23-19)14(19)13(18)15(20)21/h3,6,11-14H,1,4-5,7-9H2,2H3,(H,20,21). The van der Waals surface area contributed by atoms with Crippen LogP contribution in [0.25, 0.3) is 0 Å². The van der Waals surface area contributed by atoms with Crippen molar-refractivity contribution < 1.29 is 19.4 Å². The molecule has 23 heavy (non-hydrogen) atoms. The molecule has 1 N–H and O–H groups in total. The van der Waals surface area contributed by atoms with Crippen molar-refractivity contribution in [3.05, 3.63) is 24.3 Å². The SMILES string of the molecule is C=C1CC23CC1CCC2C12CC=CC(C)(C(=O)O1)C2C3C(=O)O. The Morgan fingerprint density at radius 2 is 2.22 bits per heavy atom. The molecule has 0 aromatic rings. The summed E-state index contributed by atoms with van der Waals surface area (Å²) < 4.78 is 6.04. The minimum Gasteiger partial charge on any atom is -0.481 e. The van der Waals surface area contributed by atoms with Gasteiger partial charge in [-0.15, -0.1) is 0 Å². The van der Waals surface area contributed by atoms with Gasteiger partial charge in [-0.3, -0.25) is 9.59 Å². The fourth-order valence-electron chi connectivity index (χ4n) is 7.24. The molecular weight excluding hydrogens is 292 g/mol. The third kappa shape index (κ3) is 1.25. The molecule has 4 heteroatoms. The number of carboxylic acids is 1. The van der Waals surface area contributed by atoms with Crippen molar-refractivity contribution in [2.45, 2.75) is 44.6 Å². The average molecular weight is 314 g/mol. The van der Waals surface area contributed by atoms with Gasteiger partial charge >= 0.3 is 11.9 Å². The van der Waals surface area contributed by atoms with Crippen LogP contribution in [0.3, 0.4) is 0 Å². The van der Waals surface area contributed by atoms with E-state index in [1.165, 1.54) is 5.57 Å². The molecule has 0 radical (unpaired) electrons. The molecule has 0 amide bonds. The molecule has 1 heterocycles. The lowest BCUT2D eigenvalue weighted by Crippen LogP contribution is -2.45. The number of ether oxygens (including phenoxy) is 1. The van der Waals surface area contributed by atoms with Crippen LogP contribution < -0.4 is 0 Å². The first-order valence-corrected chi connectivity index (χ1v) is 8.67. The van der Waals surface area contributed by atoms with E-state index in [1.54, 1.807) is 0 Å². The first-order chi connectivity index (χ1) is 10.9. The van der Waals surface area contributed by atoms with Crippen LogP contribution in [0.5, 0.6) is 0 Å². The number of rotatable bonds is 1. The van der Waals surface area contributed by atoms with Gasteiger partial charge in [0, 0.05) is 18.3 Å². The maximum Gasteiger partial charge on any atom is 0.316 e. The quantitative estimate of drug-likeness (QED) is 0.597. The van der Waals surface area contributed by atoms with Crippen molar-refractivity contribution >= 4 is 11.9 Å². The molecule has 7 atom stereocenters. The van der Waals surface area contributed by atoms with Gasteiger partial charge in [-0.1, -0.05) is 24.3 Å². The number of hydrogen-bond acceptors (Lipinski definition) is 3. The summed E-state index contributed by atoms with van der Waals surface area (Å²) in [6, 6.07) is 0. The van der Waals surface area contributed by atoms with Gasteiger partial charge in [0.15, 0.2) is 0 Å². The Morgan fingerprint density at radius 1 is 1.43 bits per heavy atom. The summed E-state index contributed by atoms with van der Waals surface area (Å²) in [5.74, 6) is -1.10. The monoisotopic (exact) mass is 314 g/mol. The molecule has 4 fully saturated rings. The predicted molar refractivity (Wildman–Crippen MR) is 82.3 cm³/mol. The third-order valence-corrected chi connectivity index (χ3v) is 7.86. The Morgan fingerprint density at radius 3 is 2.96 bits per heavy atom. The highest BCUT2D eigenvalue weighted by Gasteiger charge is 2.80. The summed E-state index contributed by atoms with van der Waals surface area (Å²) in [5.41, 5.74) is -0.426. The number of hydrogen-bond donors (Lipinski definition) is 1. The van der Waals surface area contributed by atoms with Crippen LogP contribution in [0, 0.1) is 34.5 Å². The molecule has 7 unspecified atom stereocenters. The molecule has 122 valence electrons. The predicted octanol–water partition coefficient (Wildman–Crippen LogP) is 2.94. The molecule has 0 aromatic carbocycles. The maximum atomic E-state index is 12.6. The lowest BCUT2D eigenvalue weighted by Gasteiger charge is -2.43. The van der Waals surface area contributed by atoms with Gasteiger partial charge in [0.05, 0.1) is 11.3 Å². The normalized spacial score (nSPS) is 55.5. The highest BCUT2D eigenvalue weighted by molar-refractivity contribution is 5.86. The fraction of sp³-hybridized carbons (Fsp3) is 0.684. The molecule has 1 aliphatic heterocycles. The van der Waals surface area contributed by atoms with Crippen molar-refractivity contribution in [3.8, 4) is 0 Å². The van der Waals surface area contributed by atoms with Crippen LogP contribution in [0.2, 0.25) is 0 Å². The Labute approximate surface area is 135 Å².